The SMILES string of the molecule is Cc1ccccc1N1C(=N)S/C(=C\c2ccccc2OCC(=O)Nc2ccc(S(N)(=O)=O)cc2)C1=O. The second kappa shape index (κ2) is 10.4. The van der Waals surface area contributed by atoms with Gasteiger partial charge in [0, 0.05) is 11.3 Å². The number of para-hydroxylation sites is 2. The van der Waals surface area contributed by atoms with Gasteiger partial charge in [-0.15, -0.1) is 0 Å². The summed E-state index contributed by atoms with van der Waals surface area (Å²) in [7, 11) is -3.82. The Kier molecular flexibility index (Phi) is 7.25. The molecule has 1 aliphatic rings. The van der Waals surface area contributed by atoms with Crippen molar-refractivity contribution in [1.82, 2.24) is 0 Å². The number of sulfonamides is 1. The maximum absolute atomic E-state index is 13.1. The average molecular weight is 523 g/mol. The maximum atomic E-state index is 13.1. The molecule has 0 saturated carbocycles. The fourth-order valence-corrected chi connectivity index (χ4v) is 4.82. The molecule has 1 heterocycles. The van der Waals surface area contributed by atoms with Crippen molar-refractivity contribution in [2.75, 3.05) is 16.8 Å². The molecule has 0 radical (unpaired) electrons. The number of amides is 2. The Balaban J connectivity index is 1.46. The molecule has 0 aromatic heterocycles. The maximum Gasteiger partial charge on any atom is 0.271 e. The van der Waals surface area contributed by atoms with Crippen LogP contribution in [0.15, 0.2) is 82.6 Å². The third-order valence-corrected chi connectivity index (χ3v) is 7.03. The van der Waals surface area contributed by atoms with Crippen LogP contribution in [-0.2, 0) is 19.6 Å². The number of amidine groups is 1. The Hall–Kier alpha value is -3.93. The van der Waals surface area contributed by atoms with Crippen LogP contribution in [0.25, 0.3) is 6.08 Å². The van der Waals surface area contributed by atoms with E-state index in [0.29, 0.717) is 27.6 Å². The zero-order valence-corrected chi connectivity index (χ0v) is 20.7. The van der Waals surface area contributed by atoms with Crippen LogP contribution in [0.1, 0.15) is 11.1 Å². The van der Waals surface area contributed by atoms with Crippen molar-refractivity contribution >= 4 is 56.2 Å². The zero-order valence-electron chi connectivity index (χ0n) is 19.1. The molecule has 3 aromatic rings. The lowest BCUT2D eigenvalue weighted by molar-refractivity contribution is -0.118. The Morgan fingerprint density at radius 2 is 1.75 bits per heavy atom. The van der Waals surface area contributed by atoms with E-state index in [9.17, 15) is 18.0 Å². The summed E-state index contributed by atoms with van der Waals surface area (Å²) in [6.07, 6.45) is 1.64. The summed E-state index contributed by atoms with van der Waals surface area (Å²) in [6, 6.07) is 19.7. The van der Waals surface area contributed by atoms with Crippen LogP contribution >= 0.6 is 11.8 Å². The Morgan fingerprint density at radius 3 is 2.44 bits per heavy atom. The number of hydrogen-bond donors (Lipinski definition) is 3. The summed E-state index contributed by atoms with van der Waals surface area (Å²) >= 11 is 1.05. The lowest BCUT2D eigenvalue weighted by Crippen LogP contribution is -2.28. The number of carbonyl (C=O) groups excluding carboxylic acids is 2. The topological polar surface area (TPSA) is 143 Å². The fraction of sp³-hybridized carbons (Fsp3) is 0.0800. The van der Waals surface area contributed by atoms with E-state index >= 15 is 0 Å². The molecule has 0 aliphatic carbocycles. The molecule has 4 N–H and O–H groups in total. The van der Waals surface area contributed by atoms with Gasteiger partial charge in [0.1, 0.15) is 5.75 Å². The first kappa shape index (κ1) is 25.2. The van der Waals surface area contributed by atoms with Crippen LogP contribution in [0, 0.1) is 12.3 Å². The van der Waals surface area contributed by atoms with E-state index < -0.39 is 15.9 Å². The summed E-state index contributed by atoms with van der Waals surface area (Å²) in [6.45, 7) is 1.56. The highest BCUT2D eigenvalue weighted by molar-refractivity contribution is 8.19. The highest BCUT2D eigenvalue weighted by Gasteiger charge is 2.34. The third kappa shape index (κ3) is 5.65. The Morgan fingerprint density at radius 1 is 1.08 bits per heavy atom. The number of nitrogens with one attached hydrogen (secondary N) is 2. The van der Waals surface area contributed by atoms with Gasteiger partial charge < -0.3 is 10.1 Å². The number of primary sulfonamides is 1. The number of nitrogens with two attached hydrogens (primary N) is 1. The van der Waals surface area contributed by atoms with Crippen molar-refractivity contribution in [3.63, 3.8) is 0 Å². The minimum atomic E-state index is -3.82. The quantitative estimate of drug-likeness (QED) is 0.404. The van der Waals surface area contributed by atoms with E-state index in [1.165, 1.54) is 29.2 Å². The van der Waals surface area contributed by atoms with E-state index in [1.807, 2.05) is 25.1 Å². The van der Waals surface area contributed by atoms with E-state index in [0.717, 1.165) is 17.3 Å². The summed E-state index contributed by atoms with van der Waals surface area (Å²) in [5, 5.41) is 16.1. The second-order valence-electron chi connectivity index (χ2n) is 7.79. The summed E-state index contributed by atoms with van der Waals surface area (Å²) < 4.78 is 28.4. The molecule has 4 rings (SSSR count). The molecule has 0 atom stereocenters. The van der Waals surface area contributed by atoms with Gasteiger partial charge >= 0.3 is 0 Å². The van der Waals surface area contributed by atoms with Crippen molar-refractivity contribution in [1.29, 1.82) is 5.41 Å². The molecule has 184 valence electrons. The molecule has 9 nitrogen and oxygen atoms in total. The molecule has 2 amide bonds. The number of anilines is 2. The van der Waals surface area contributed by atoms with Crippen LogP contribution in [0.2, 0.25) is 0 Å². The molecule has 1 aliphatic heterocycles. The van der Waals surface area contributed by atoms with Gasteiger partial charge in [-0.05, 0) is 66.7 Å². The van der Waals surface area contributed by atoms with Gasteiger partial charge in [0.15, 0.2) is 11.8 Å². The van der Waals surface area contributed by atoms with Crippen LogP contribution in [-0.4, -0.2) is 32.0 Å². The van der Waals surface area contributed by atoms with Gasteiger partial charge in [-0.2, -0.15) is 0 Å². The molecule has 1 saturated heterocycles. The fourth-order valence-electron chi connectivity index (χ4n) is 3.46. The number of benzene rings is 3. The van der Waals surface area contributed by atoms with E-state index in [1.54, 1.807) is 36.4 Å². The highest BCUT2D eigenvalue weighted by Crippen LogP contribution is 2.37. The molecule has 0 spiro atoms. The number of rotatable bonds is 7. The number of nitrogens with zero attached hydrogens (tertiary/aromatic N) is 1. The second-order valence-corrected chi connectivity index (χ2v) is 10.4. The molecule has 3 aromatic carbocycles. The molecule has 36 heavy (non-hydrogen) atoms. The van der Waals surface area contributed by atoms with Crippen molar-refractivity contribution in [3.05, 3.63) is 88.8 Å². The average Bonchev–Trinajstić information content (AvgIpc) is 3.11. The van der Waals surface area contributed by atoms with Crippen LogP contribution in [0.5, 0.6) is 5.75 Å². The van der Waals surface area contributed by atoms with Crippen LogP contribution in [0.4, 0.5) is 11.4 Å². The van der Waals surface area contributed by atoms with Crippen LogP contribution < -0.4 is 20.1 Å². The first-order valence-electron chi connectivity index (χ1n) is 10.7. The number of carbonyl (C=O) groups is 2. The zero-order chi connectivity index (χ0) is 25.9. The normalized spacial score (nSPS) is 14.8. The van der Waals surface area contributed by atoms with Crippen molar-refractivity contribution in [2.24, 2.45) is 5.14 Å². The van der Waals surface area contributed by atoms with Gasteiger partial charge in [-0.25, -0.2) is 13.6 Å². The van der Waals surface area contributed by atoms with Crippen LogP contribution in [0.3, 0.4) is 0 Å². The first-order valence-corrected chi connectivity index (χ1v) is 13.0. The van der Waals surface area contributed by atoms with Gasteiger partial charge in [0.2, 0.25) is 10.0 Å². The monoisotopic (exact) mass is 522 g/mol. The lowest BCUT2D eigenvalue weighted by Gasteiger charge is -2.16. The molecular weight excluding hydrogens is 500 g/mol. The van der Waals surface area contributed by atoms with Crippen molar-refractivity contribution < 1.29 is 22.7 Å². The minimum Gasteiger partial charge on any atom is -0.483 e. The van der Waals surface area contributed by atoms with Gasteiger partial charge in [-0.3, -0.25) is 19.9 Å². The Bertz CT molecular complexity index is 1480. The van der Waals surface area contributed by atoms with Gasteiger partial charge in [0.05, 0.1) is 15.5 Å². The molecule has 0 bridgehead atoms. The highest BCUT2D eigenvalue weighted by atomic mass is 32.2. The van der Waals surface area contributed by atoms with Gasteiger partial charge in [-0.1, -0.05) is 36.4 Å². The largest absolute Gasteiger partial charge is 0.483 e. The molecule has 1 fully saturated rings. The Labute approximate surface area is 212 Å². The number of ether oxygens (including phenoxy) is 1. The summed E-state index contributed by atoms with van der Waals surface area (Å²) in [5.74, 6) is -0.381. The van der Waals surface area contributed by atoms with Gasteiger partial charge in [0.25, 0.3) is 11.8 Å². The minimum absolute atomic E-state index is 0.0629. The number of aryl methyl sites for hydroxylation is 1. The molecule has 0 unspecified atom stereocenters. The van der Waals surface area contributed by atoms with E-state index in [-0.39, 0.29) is 22.6 Å². The lowest BCUT2D eigenvalue weighted by atomic mass is 10.1. The van der Waals surface area contributed by atoms with Crippen molar-refractivity contribution in [3.8, 4) is 5.75 Å². The molecule has 11 heteroatoms. The standard InChI is InChI=1S/C25H22N4O5S2/c1-16-6-2-4-8-20(16)29-24(31)22(35-25(29)26)14-17-7-3-5-9-21(17)34-15-23(30)28-18-10-12-19(13-11-18)36(27,32)33/h2-14,26H,15H2,1H3,(H,28,30)(H2,27,32,33)/b22-14-,26-25?. The summed E-state index contributed by atoms with van der Waals surface area (Å²) in [4.78, 5) is 27.1. The smallest absolute Gasteiger partial charge is 0.271 e. The first-order chi connectivity index (χ1) is 17.1. The predicted molar refractivity (Wildman–Crippen MR) is 140 cm³/mol. The molecular formula is C25H22N4O5S2. The van der Waals surface area contributed by atoms with Crippen molar-refractivity contribution in [2.45, 2.75) is 11.8 Å². The third-order valence-electron chi connectivity index (χ3n) is 5.21. The van der Waals surface area contributed by atoms with E-state index in [4.69, 9.17) is 15.3 Å². The number of hydrogen-bond acceptors (Lipinski definition) is 7. The summed E-state index contributed by atoms with van der Waals surface area (Å²) in [5.41, 5.74) is 2.50. The predicted octanol–water partition coefficient (Wildman–Crippen LogP) is 3.72. The van der Waals surface area contributed by atoms with E-state index in [2.05, 4.69) is 5.32 Å². The number of thioether (sulfide) groups is 1.